The van der Waals surface area contributed by atoms with Crippen molar-refractivity contribution in [2.75, 3.05) is 6.61 Å². The summed E-state index contributed by atoms with van der Waals surface area (Å²) in [6.45, 7) is 2.15. The maximum atomic E-state index is 9.99. The number of benzene rings is 1. The van der Waals surface area contributed by atoms with Crippen LogP contribution in [0, 0.1) is 5.92 Å². The van der Waals surface area contributed by atoms with Gasteiger partial charge in [-0.25, -0.2) is 0 Å². The molecule has 1 aliphatic carbocycles. The van der Waals surface area contributed by atoms with Crippen LogP contribution in [0.4, 0.5) is 0 Å². The molecule has 3 heteroatoms. The smallest absolute Gasteiger partial charge is 0.119 e. The normalized spacial score (nSPS) is 18.9. The molecule has 1 aromatic carbocycles. The van der Waals surface area contributed by atoms with Gasteiger partial charge in [0.2, 0.25) is 0 Å². The Morgan fingerprint density at radius 2 is 1.80 bits per heavy atom. The molecule has 2 atom stereocenters. The maximum absolute atomic E-state index is 9.99. The van der Waals surface area contributed by atoms with E-state index >= 15 is 0 Å². The SMILES string of the molecule is CC(O)Cc1ccc(OCC(O)CC2CCCC2)cc1. The number of rotatable bonds is 7. The summed E-state index contributed by atoms with van der Waals surface area (Å²) in [7, 11) is 0. The van der Waals surface area contributed by atoms with Crippen LogP contribution in [0.5, 0.6) is 5.75 Å². The van der Waals surface area contributed by atoms with Crippen molar-refractivity contribution >= 4 is 0 Å². The Hall–Kier alpha value is -1.06. The highest BCUT2D eigenvalue weighted by atomic mass is 16.5. The minimum atomic E-state index is -0.366. The van der Waals surface area contributed by atoms with Crippen LogP contribution in [0.2, 0.25) is 0 Å². The molecular formula is C17H26O3. The summed E-state index contributed by atoms with van der Waals surface area (Å²) in [5, 5.41) is 19.3. The van der Waals surface area contributed by atoms with E-state index in [1.807, 2.05) is 24.3 Å². The largest absolute Gasteiger partial charge is 0.491 e. The van der Waals surface area contributed by atoms with Crippen molar-refractivity contribution in [2.24, 2.45) is 5.92 Å². The van der Waals surface area contributed by atoms with Crippen LogP contribution in [-0.4, -0.2) is 29.0 Å². The van der Waals surface area contributed by atoms with Gasteiger partial charge in [0.1, 0.15) is 12.4 Å². The molecule has 2 N–H and O–H groups in total. The van der Waals surface area contributed by atoms with E-state index in [1.54, 1.807) is 6.92 Å². The summed E-state index contributed by atoms with van der Waals surface area (Å²) < 4.78 is 5.63. The van der Waals surface area contributed by atoms with Crippen molar-refractivity contribution in [3.63, 3.8) is 0 Å². The van der Waals surface area contributed by atoms with E-state index in [2.05, 4.69) is 0 Å². The van der Waals surface area contributed by atoms with Crippen LogP contribution in [0.15, 0.2) is 24.3 Å². The van der Waals surface area contributed by atoms with Crippen molar-refractivity contribution in [1.82, 2.24) is 0 Å². The van der Waals surface area contributed by atoms with E-state index in [0.717, 1.165) is 17.7 Å². The van der Waals surface area contributed by atoms with Crippen LogP contribution < -0.4 is 4.74 Å². The van der Waals surface area contributed by atoms with Gasteiger partial charge < -0.3 is 14.9 Å². The lowest BCUT2D eigenvalue weighted by molar-refractivity contribution is 0.0855. The van der Waals surface area contributed by atoms with E-state index in [4.69, 9.17) is 4.74 Å². The average molecular weight is 278 g/mol. The first kappa shape index (κ1) is 15.3. The molecule has 20 heavy (non-hydrogen) atoms. The molecule has 0 spiro atoms. The zero-order valence-corrected chi connectivity index (χ0v) is 12.3. The molecule has 0 bridgehead atoms. The zero-order chi connectivity index (χ0) is 14.4. The van der Waals surface area contributed by atoms with Gasteiger partial charge in [-0.15, -0.1) is 0 Å². The Morgan fingerprint density at radius 3 is 2.40 bits per heavy atom. The van der Waals surface area contributed by atoms with Crippen LogP contribution in [0.3, 0.4) is 0 Å². The van der Waals surface area contributed by atoms with Gasteiger partial charge in [-0.1, -0.05) is 37.8 Å². The molecule has 0 heterocycles. The lowest BCUT2D eigenvalue weighted by atomic mass is 10.0. The monoisotopic (exact) mass is 278 g/mol. The van der Waals surface area contributed by atoms with Gasteiger partial charge in [0.05, 0.1) is 12.2 Å². The van der Waals surface area contributed by atoms with Gasteiger partial charge in [-0.2, -0.15) is 0 Å². The number of hydrogen-bond donors (Lipinski definition) is 2. The first-order valence-electron chi connectivity index (χ1n) is 7.71. The minimum Gasteiger partial charge on any atom is -0.491 e. The fraction of sp³-hybridized carbons (Fsp3) is 0.647. The minimum absolute atomic E-state index is 0.324. The van der Waals surface area contributed by atoms with Crippen molar-refractivity contribution in [2.45, 2.75) is 57.7 Å². The molecule has 0 aromatic heterocycles. The first-order chi connectivity index (χ1) is 9.63. The van der Waals surface area contributed by atoms with Crippen LogP contribution >= 0.6 is 0 Å². The maximum Gasteiger partial charge on any atom is 0.119 e. The first-order valence-corrected chi connectivity index (χ1v) is 7.71. The van der Waals surface area contributed by atoms with Crippen LogP contribution in [-0.2, 0) is 6.42 Å². The van der Waals surface area contributed by atoms with Crippen molar-refractivity contribution in [1.29, 1.82) is 0 Å². The van der Waals surface area contributed by atoms with Gasteiger partial charge in [-0.3, -0.25) is 0 Å². The molecule has 2 unspecified atom stereocenters. The molecular weight excluding hydrogens is 252 g/mol. The average Bonchev–Trinajstić information content (AvgIpc) is 2.90. The highest BCUT2D eigenvalue weighted by molar-refractivity contribution is 5.27. The number of aliphatic hydroxyl groups excluding tert-OH is 2. The van der Waals surface area contributed by atoms with Crippen molar-refractivity contribution in [3.8, 4) is 5.75 Å². The molecule has 1 aromatic rings. The second kappa shape index (κ2) is 7.65. The number of hydrogen-bond acceptors (Lipinski definition) is 3. The summed E-state index contributed by atoms with van der Waals surface area (Å²) >= 11 is 0. The van der Waals surface area contributed by atoms with E-state index < -0.39 is 0 Å². The van der Waals surface area contributed by atoms with Gasteiger partial charge in [0.15, 0.2) is 0 Å². The molecule has 0 amide bonds. The predicted octanol–water partition coefficient (Wildman–Crippen LogP) is 2.93. The lowest BCUT2D eigenvalue weighted by Crippen LogP contribution is -2.20. The fourth-order valence-electron chi connectivity index (χ4n) is 2.95. The number of ether oxygens (including phenoxy) is 1. The number of aliphatic hydroxyl groups is 2. The van der Waals surface area contributed by atoms with E-state index in [9.17, 15) is 10.2 Å². The molecule has 1 saturated carbocycles. The summed E-state index contributed by atoms with van der Waals surface area (Å²) in [5.74, 6) is 1.46. The van der Waals surface area contributed by atoms with Gasteiger partial charge in [0, 0.05) is 0 Å². The van der Waals surface area contributed by atoms with Gasteiger partial charge in [-0.05, 0) is 43.4 Å². The molecule has 1 aliphatic rings. The Labute approximate surface area is 121 Å². The lowest BCUT2D eigenvalue weighted by Gasteiger charge is -2.16. The summed E-state index contributed by atoms with van der Waals surface area (Å²) in [6, 6.07) is 7.73. The van der Waals surface area contributed by atoms with Gasteiger partial charge in [0.25, 0.3) is 0 Å². The Bertz CT molecular complexity index is 380. The van der Waals surface area contributed by atoms with E-state index in [0.29, 0.717) is 18.9 Å². The molecule has 112 valence electrons. The third kappa shape index (κ3) is 5.14. The molecule has 0 radical (unpaired) electrons. The molecule has 3 nitrogen and oxygen atoms in total. The van der Waals surface area contributed by atoms with Gasteiger partial charge >= 0.3 is 0 Å². The highest BCUT2D eigenvalue weighted by Gasteiger charge is 2.19. The highest BCUT2D eigenvalue weighted by Crippen LogP contribution is 2.28. The summed E-state index contributed by atoms with van der Waals surface area (Å²) in [4.78, 5) is 0. The Morgan fingerprint density at radius 1 is 1.15 bits per heavy atom. The van der Waals surface area contributed by atoms with E-state index in [1.165, 1.54) is 25.7 Å². The Kier molecular flexibility index (Phi) is 5.86. The second-order valence-corrected chi connectivity index (χ2v) is 6.05. The predicted molar refractivity (Wildman–Crippen MR) is 79.9 cm³/mol. The standard InChI is InChI=1S/C17H26O3/c1-13(18)10-15-6-8-17(9-7-15)20-12-16(19)11-14-4-2-3-5-14/h6-9,13-14,16,18-19H,2-5,10-12H2,1H3. The third-order valence-electron chi connectivity index (χ3n) is 3.98. The second-order valence-electron chi connectivity index (χ2n) is 6.05. The quantitative estimate of drug-likeness (QED) is 0.806. The van der Waals surface area contributed by atoms with E-state index in [-0.39, 0.29) is 12.2 Å². The third-order valence-corrected chi connectivity index (χ3v) is 3.98. The molecule has 2 rings (SSSR count). The molecule has 1 fully saturated rings. The summed E-state index contributed by atoms with van der Waals surface area (Å²) in [6.07, 6.45) is 5.96. The molecule has 0 aliphatic heterocycles. The van der Waals surface area contributed by atoms with Crippen LogP contribution in [0.25, 0.3) is 0 Å². The Balaban J connectivity index is 1.72. The summed E-state index contributed by atoms with van der Waals surface area (Å²) in [5.41, 5.74) is 1.10. The van der Waals surface area contributed by atoms with Crippen molar-refractivity contribution < 1.29 is 14.9 Å². The van der Waals surface area contributed by atoms with Crippen molar-refractivity contribution in [3.05, 3.63) is 29.8 Å². The molecule has 0 saturated heterocycles. The zero-order valence-electron chi connectivity index (χ0n) is 12.3. The van der Waals surface area contributed by atoms with Crippen LogP contribution in [0.1, 0.15) is 44.6 Å². The topological polar surface area (TPSA) is 49.7 Å². The fourth-order valence-corrected chi connectivity index (χ4v) is 2.95.